The van der Waals surface area contributed by atoms with Gasteiger partial charge in [0.2, 0.25) is 0 Å². The Bertz CT molecular complexity index is 1730. The number of aromatic nitrogens is 1. The minimum atomic E-state index is -0.751. The van der Waals surface area contributed by atoms with Crippen LogP contribution in [0.25, 0.3) is 21.9 Å². The van der Waals surface area contributed by atoms with Crippen LogP contribution in [0.5, 0.6) is 17.2 Å². The van der Waals surface area contributed by atoms with E-state index in [-0.39, 0.29) is 22.4 Å². The molecule has 0 bridgehead atoms. The van der Waals surface area contributed by atoms with Crippen LogP contribution in [-0.2, 0) is 6.54 Å². The van der Waals surface area contributed by atoms with Crippen LogP contribution < -0.4 is 20.7 Å². The van der Waals surface area contributed by atoms with Crippen molar-refractivity contribution in [2.75, 3.05) is 14.2 Å². The molecule has 182 valence electrons. The van der Waals surface area contributed by atoms with Gasteiger partial charge in [0, 0.05) is 26.9 Å². The van der Waals surface area contributed by atoms with Crippen LogP contribution in [0.4, 0.5) is 0 Å². The van der Waals surface area contributed by atoms with E-state index in [2.05, 4.69) is 0 Å². The molecule has 0 aliphatic rings. The maximum Gasteiger partial charge on any atom is 0.354 e. The van der Waals surface area contributed by atoms with Gasteiger partial charge in [0.1, 0.15) is 21.8 Å². The predicted octanol–water partition coefficient (Wildman–Crippen LogP) is 5.68. The summed E-state index contributed by atoms with van der Waals surface area (Å²) in [7, 11) is 3.08. The summed E-state index contributed by atoms with van der Waals surface area (Å²) >= 11 is 6.96. The van der Waals surface area contributed by atoms with Crippen LogP contribution in [-0.4, -0.2) is 23.9 Å². The first-order valence-electron chi connectivity index (χ1n) is 10.9. The molecule has 36 heavy (non-hydrogen) atoms. The lowest BCUT2D eigenvalue weighted by Crippen LogP contribution is -2.23. The van der Waals surface area contributed by atoms with Gasteiger partial charge in [0.05, 0.1) is 26.3 Å². The lowest BCUT2D eigenvalue weighted by molar-refractivity contribution is 0.408. The number of hydrogen-bond acceptors (Lipinski definition) is 7. The van der Waals surface area contributed by atoms with E-state index in [1.54, 1.807) is 49.6 Å². The summed E-state index contributed by atoms with van der Waals surface area (Å²) in [6, 6.07) is 19.2. The molecule has 0 amide bonds. The number of para-hydroxylation sites is 1. The van der Waals surface area contributed by atoms with Gasteiger partial charge in [-0.15, -0.1) is 0 Å². The van der Waals surface area contributed by atoms with Crippen LogP contribution in [0.3, 0.4) is 0 Å². The Kier molecular flexibility index (Phi) is 6.38. The van der Waals surface area contributed by atoms with Gasteiger partial charge in [-0.1, -0.05) is 41.6 Å². The Balaban J connectivity index is 1.80. The van der Waals surface area contributed by atoms with Crippen LogP contribution >= 0.6 is 23.4 Å². The molecule has 2 heterocycles. The van der Waals surface area contributed by atoms with Crippen molar-refractivity contribution in [2.45, 2.75) is 16.3 Å². The van der Waals surface area contributed by atoms with Crippen LogP contribution in [0.1, 0.15) is 5.56 Å². The highest BCUT2D eigenvalue weighted by Gasteiger charge is 2.23. The van der Waals surface area contributed by atoms with Crippen LogP contribution in [0.2, 0.25) is 5.02 Å². The number of rotatable bonds is 6. The quantitative estimate of drug-likeness (QED) is 0.287. The third kappa shape index (κ3) is 4.19. The van der Waals surface area contributed by atoms with Crippen molar-refractivity contribution in [1.29, 1.82) is 0 Å². The Morgan fingerprint density at radius 1 is 1.00 bits per heavy atom. The zero-order valence-corrected chi connectivity index (χ0v) is 20.9. The molecule has 0 aliphatic heterocycles. The highest BCUT2D eigenvalue weighted by Crippen LogP contribution is 2.38. The maximum absolute atomic E-state index is 13.9. The third-order valence-corrected chi connectivity index (χ3v) is 7.14. The summed E-state index contributed by atoms with van der Waals surface area (Å²) < 4.78 is 18.0. The fourth-order valence-electron chi connectivity index (χ4n) is 4.07. The predicted molar refractivity (Wildman–Crippen MR) is 140 cm³/mol. The van der Waals surface area contributed by atoms with Gasteiger partial charge in [0.25, 0.3) is 5.56 Å². The highest BCUT2D eigenvalue weighted by atomic mass is 35.5. The number of aromatic hydroxyl groups is 1. The molecule has 3 aromatic carbocycles. The lowest BCUT2D eigenvalue weighted by Gasteiger charge is -2.16. The maximum atomic E-state index is 13.9. The first kappa shape index (κ1) is 23.8. The van der Waals surface area contributed by atoms with Gasteiger partial charge < -0.3 is 23.6 Å². The molecule has 1 N–H and O–H groups in total. The largest absolute Gasteiger partial charge is 0.505 e. The van der Waals surface area contributed by atoms with Crippen molar-refractivity contribution >= 4 is 45.2 Å². The van der Waals surface area contributed by atoms with Gasteiger partial charge >= 0.3 is 5.63 Å². The summed E-state index contributed by atoms with van der Waals surface area (Å²) in [5, 5.41) is 12.1. The minimum Gasteiger partial charge on any atom is -0.505 e. The summed E-state index contributed by atoms with van der Waals surface area (Å²) in [4.78, 5) is 27.4. The monoisotopic (exact) mass is 521 g/mol. The molecule has 9 heteroatoms. The first-order valence-corrected chi connectivity index (χ1v) is 12.1. The van der Waals surface area contributed by atoms with Crippen molar-refractivity contribution in [2.24, 2.45) is 0 Å². The molecule has 2 aromatic heterocycles. The number of pyridine rings is 1. The van der Waals surface area contributed by atoms with Crippen LogP contribution in [0, 0.1) is 0 Å². The number of hydrogen-bond donors (Lipinski definition) is 1. The highest BCUT2D eigenvalue weighted by molar-refractivity contribution is 7.99. The molecular formula is C27H20ClNO6S. The van der Waals surface area contributed by atoms with E-state index in [9.17, 15) is 14.7 Å². The van der Waals surface area contributed by atoms with E-state index < -0.39 is 16.9 Å². The first-order chi connectivity index (χ1) is 17.4. The molecule has 0 atom stereocenters. The third-order valence-electron chi connectivity index (χ3n) is 5.81. The Labute approximate surface area is 214 Å². The topological polar surface area (TPSA) is 90.9 Å². The van der Waals surface area contributed by atoms with Crippen molar-refractivity contribution < 1.29 is 19.0 Å². The Morgan fingerprint density at radius 3 is 2.47 bits per heavy atom. The van der Waals surface area contributed by atoms with E-state index in [0.717, 1.165) is 17.3 Å². The lowest BCUT2D eigenvalue weighted by atomic mass is 10.1. The molecular weight excluding hydrogens is 502 g/mol. The van der Waals surface area contributed by atoms with Gasteiger partial charge in [0.15, 0.2) is 11.3 Å². The SMILES string of the molecule is COc1ccc2c3oc(=O)c(Sc4ccc(Cl)cc4)c(O)c3c(=O)n(Cc3ccccc3OC)c2c1. The van der Waals surface area contributed by atoms with E-state index in [0.29, 0.717) is 32.3 Å². The molecule has 7 nitrogen and oxygen atoms in total. The van der Waals surface area contributed by atoms with E-state index >= 15 is 0 Å². The van der Waals surface area contributed by atoms with Crippen molar-refractivity contribution in [1.82, 2.24) is 4.57 Å². The fourth-order valence-corrected chi connectivity index (χ4v) is 5.02. The summed E-state index contributed by atoms with van der Waals surface area (Å²) in [5.74, 6) is 0.706. The molecule has 0 radical (unpaired) electrons. The summed E-state index contributed by atoms with van der Waals surface area (Å²) in [6.07, 6.45) is 0. The number of benzene rings is 3. The Morgan fingerprint density at radius 2 is 1.75 bits per heavy atom. The van der Waals surface area contributed by atoms with Crippen molar-refractivity contribution in [3.8, 4) is 17.2 Å². The van der Waals surface area contributed by atoms with Crippen LogP contribution in [0.15, 0.2) is 90.5 Å². The smallest absolute Gasteiger partial charge is 0.354 e. The number of ether oxygens (including phenoxy) is 2. The molecule has 0 spiro atoms. The van der Waals surface area contributed by atoms with Gasteiger partial charge in [-0.2, -0.15) is 0 Å². The van der Waals surface area contributed by atoms with Gasteiger partial charge in [-0.05, 0) is 42.5 Å². The molecule has 5 aromatic rings. The second-order valence-electron chi connectivity index (χ2n) is 7.91. The van der Waals surface area contributed by atoms with Crippen molar-refractivity contribution in [3.05, 3.63) is 98.1 Å². The second kappa shape index (κ2) is 9.64. The molecule has 0 unspecified atom stereocenters. The van der Waals surface area contributed by atoms with Crippen molar-refractivity contribution in [3.63, 3.8) is 0 Å². The molecule has 0 saturated heterocycles. The summed E-state index contributed by atoms with van der Waals surface area (Å²) in [5.41, 5.74) is -0.0108. The zero-order chi connectivity index (χ0) is 25.4. The number of nitrogens with zero attached hydrogens (tertiary/aromatic N) is 1. The minimum absolute atomic E-state index is 0.0110. The fraction of sp³-hybridized carbons (Fsp3) is 0.111. The Hall–Kier alpha value is -3.88. The second-order valence-corrected chi connectivity index (χ2v) is 9.43. The standard InChI is InChI=1S/C27H20ClNO6S/c1-33-17-9-12-19-20(13-17)29(14-15-5-3-4-6-21(15)34-2)26(31)22-23(30)25(27(32)35-24(19)22)36-18-10-7-16(28)8-11-18/h3-13,30H,14H2,1-2H3. The van der Waals surface area contributed by atoms with Gasteiger partial charge in [-0.25, -0.2) is 4.79 Å². The average molecular weight is 522 g/mol. The average Bonchev–Trinajstić information content (AvgIpc) is 2.89. The molecule has 0 fully saturated rings. The zero-order valence-electron chi connectivity index (χ0n) is 19.3. The van der Waals surface area contributed by atoms with E-state index in [1.165, 1.54) is 11.7 Å². The van der Waals surface area contributed by atoms with Gasteiger partial charge in [-0.3, -0.25) is 4.79 Å². The summed E-state index contributed by atoms with van der Waals surface area (Å²) in [6.45, 7) is 0.153. The number of methoxy groups -OCH3 is 2. The molecule has 0 saturated carbocycles. The van der Waals surface area contributed by atoms with E-state index in [4.69, 9.17) is 25.5 Å². The molecule has 0 aliphatic carbocycles. The number of fused-ring (bicyclic) bond motifs is 3. The number of halogens is 1. The van der Waals surface area contributed by atoms with E-state index in [1.807, 2.05) is 24.3 Å². The normalized spacial score (nSPS) is 11.2. The molecule has 5 rings (SSSR count).